The summed E-state index contributed by atoms with van der Waals surface area (Å²) in [4.78, 5) is 12.5. The standard InChI is InChI=1S/C23H28O5Si/c1-23(2,3)29(6,7)28-22-20(25-4)12-15(13-21(22)26-5)19-14-17(24)16-10-8-9-11-18(16)27-19/h8-14H,1-7H3. The van der Waals surface area contributed by atoms with E-state index in [0.29, 0.717) is 39.5 Å². The van der Waals surface area contributed by atoms with Crippen molar-refractivity contribution in [2.24, 2.45) is 0 Å². The number of ether oxygens (including phenoxy) is 2. The molecule has 0 aliphatic heterocycles. The second-order valence-corrected chi connectivity index (χ2v) is 13.3. The summed E-state index contributed by atoms with van der Waals surface area (Å²) in [6.45, 7) is 10.9. The second kappa shape index (κ2) is 7.59. The van der Waals surface area contributed by atoms with Crippen LogP contribution < -0.4 is 19.3 Å². The Morgan fingerprint density at radius 2 is 1.52 bits per heavy atom. The van der Waals surface area contributed by atoms with Crippen molar-refractivity contribution in [2.75, 3.05) is 14.2 Å². The molecule has 0 fully saturated rings. The highest BCUT2D eigenvalue weighted by Crippen LogP contribution is 2.46. The van der Waals surface area contributed by atoms with E-state index in [9.17, 15) is 4.79 Å². The monoisotopic (exact) mass is 412 g/mol. The summed E-state index contributed by atoms with van der Waals surface area (Å²) in [6.07, 6.45) is 0. The van der Waals surface area contributed by atoms with E-state index < -0.39 is 8.32 Å². The first-order chi connectivity index (χ1) is 13.6. The van der Waals surface area contributed by atoms with Gasteiger partial charge in [-0.2, -0.15) is 0 Å². The van der Waals surface area contributed by atoms with Gasteiger partial charge in [0.1, 0.15) is 11.3 Å². The Balaban J connectivity index is 2.15. The van der Waals surface area contributed by atoms with Crippen molar-refractivity contribution in [1.29, 1.82) is 0 Å². The minimum Gasteiger partial charge on any atom is -0.539 e. The fourth-order valence-electron chi connectivity index (χ4n) is 2.78. The van der Waals surface area contributed by atoms with Gasteiger partial charge in [0.25, 0.3) is 8.32 Å². The Hall–Kier alpha value is -2.73. The summed E-state index contributed by atoms with van der Waals surface area (Å²) in [5.41, 5.74) is 1.13. The zero-order chi connectivity index (χ0) is 21.4. The van der Waals surface area contributed by atoms with Crippen molar-refractivity contribution in [3.63, 3.8) is 0 Å². The van der Waals surface area contributed by atoms with Crippen LogP contribution in [0.3, 0.4) is 0 Å². The van der Waals surface area contributed by atoms with Crippen LogP contribution in [0.15, 0.2) is 51.7 Å². The molecule has 0 amide bonds. The molecule has 2 aromatic carbocycles. The number of fused-ring (bicyclic) bond motifs is 1. The van der Waals surface area contributed by atoms with Gasteiger partial charge in [-0.1, -0.05) is 32.9 Å². The van der Waals surface area contributed by atoms with E-state index in [1.807, 2.05) is 24.3 Å². The van der Waals surface area contributed by atoms with Crippen molar-refractivity contribution in [3.8, 4) is 28.6 Å². The first-order valence-electron chi connectivity index (χ1n) is 9.55. The molecule has 3 rings (SSSR count). The molecule has 1 heterocycles. The molecule has 5 nitrogen and oxygen atoms in total. The Bertz CT molecular complexity index is 1070. The van der Waals surface area contributed by atoms with E-state index in [2.05, 4.69) is 33.9 Å². The Morgan fingerprint density at radius 3 is 2.07 bits per heavy atom. The predicted octanol–water partition coefficient (Wildman–Crippen LogP) is 5.86. The molecule has 0 unspecified atom stereocenters. The lowest BCUT2D eigenvalue weighted by atomic mass is 10.1. The summed E-state index contributed by atoms with van der Waals surface area (Å²) < 4.78 is 23.7. The average Bonchev–Trinajstić information content (AvgIpc) is 2.66. The molecule has 0 N–H and O–H groups in total. The summed E-state index contributed by atoms with van der Waals surface area (Å²) in [7, 11) is 1.07. The molecule has 0 aliphatic carbocycles. The van der Waals surface area contributed by atoms with Gasteiger partial charge in [0, 0.05) is 11.6 Å². The number of hydrogen-bond donors (Lipinski definition) is 0. The highest BCUT2D eigenvalue weighted by Gasteiger charge is 2.40. The summed E-state index contributed by atoms with van der Waals surface area (Å²) in [5, 5.41) is 0.570. The summed E-state index contributed by atoms with van der Waals surface area (Å²) in [5.74, 6) is 2.11. The van der Waals surface area contributed by atoms with Crippen LogP contribution in [-0.2, 0) is 0 Å². The minimum atomic E-state index is -2.12. The highest BCUT2D eigenvalue weighted by molar-refractivity contribution is 6.74. The Labute approximate surface area is 172 Å². The zero-order valence-corrected chi connectivity index (χ0v) is 19.1. The third kappa shape index (κ3) is 4.03. The van der Waals surface area contributed by atoms with Gasteiger partial charge in [-0.3, -0.25) is 4.79 Å². The first kappa shape index (κ1) is 21.0. The van der Waals surface area contributed by atoms with Crippen LogP contribution >= 0.6 is 0 Å². The smallest absolute Gasteiger partial charge is 0.250 e. The number of rotatable bonds is 5. The Morgan fingerprint density at radius 1 is 0.931 bits per heavy atom. The van der Waals surface area contributed by atoms with Gasteiger partial charge in [0.15, 0.2) is 22.7 Å². The second-order valence-electron chi connectivity index (χ2n) is 8.54. The molecule has 0 saturated carbocycles. The van der Waals surface area contributed by atoms with Gasteiger partial charge in [0.2, 0.25) is 0 Å². The van der Waals surface area contributed by atoms with Crippen LogP contribution in [0.5, 0.6) is 17.2 Å². The molecule has 6 heteroatoms. The maximum atomic E-state index is 12.5. The van der Waals surface area contributed by atoms with E-state index in [4.69, 9.17) is 18.3 Å². The molecular formula is C23H28O5Si. The normalized spacial score (nSPS) is 12.1. The molecule has 0 atom stereocenters. The van der Waals surface area contributed by atoms with E-state index >= 15 is 0 Å². The number of para-hydroxylation sites is 1. The van der Waals surface area contributed by atoms with Gasteiger partial charge in [0.05, 0.1) is 19.6 Å². The third-order valence-corrected chi connectivity index (χ3v) is 9.87. The predicted molar refractivity (Wildman–Crippen MR) is 119 cm³/mol. The Kier molecular flexibility index (Phi) is 5.50. The van der Waals surface area contributed by atoms with Gasteiger partial charge in [-0.15, -0.1) is 0 Å². The van der Waals surface area contributed by atoms with Crippen molar-refractivity contribution in [3.05, 3.63) is 52.7 Å². The van der Waals surface area contributed by atoms with Crippen molar-refractivity contribution in [1.82, 2.24) is 0 Å². The highest BCUT2D eigenvalue weighted by atomic mass is 28.4. The molecular weight excluding hydrogens is 384 g/mol. The molecule has 3 aromatic rings. The molecule has 0 saturated heterocycles. The SMILES string of the molecule is COc1cc(-c2cc(=O)c3ccccc3o2)cc(OC)c1O[Si](C)(C)C(C)(C)C. The molecule has 0 radical (unpaired) electrons. The van der Waals surface area contributed by atoms with Crippen molar-refractivity contribution >= 4 is 19.3 Å². The van der Waals surface area contributed by atoms with Crippen LogP contribution in [0, 0.1) is 0 Å². The topological polar surface area (TPSA) is 57.9 Å². The largest absolute Gasteiger partial charge is 0.539 e. The van der Waals surface area contributed by atoms with Crippen LogP contribution in [-0.4, -0.2) is 22.5 Å². The first-order valence-corrected chi connectivity index (χ1v) is 12.5. The average molecular weight is 413 g/mol. The number of hydrogen-bond acceptors (Lipinski definition) is 5. The molecule has 0 bridgehead atoms. The number of methoxy groups -OCH3 is 2. The van der Waals surface area contributed by atoms with Gasteiger partial charge >= 0.3 is 0 Å². The van der Waals surface area contributed by atoms with Gasteiger partial charge in [-0.05, 0) is 42.4 Å². The number of benzene rings is 2. The molecule has 0 aliphatic rings. The fraction of sp³-hybridized carbons (Fsp3) is 0.348. The lowest BCUT2D eigenvalue weighted by Crippen LogP contribution is -2.44. The van der Waals surface area contributed by atoms with E-state index in [1.165, 1.54) is 6.07 Å². The van der Waals surface area contributed by atoms with Crippen LogP contribution in [0.1, 0.15) is 20.8 Å². The van der Waals surface area contributed by atoms with Gasteiger partial charge in [-0.25, -0.2) is 0 Å². The summed E-state index contributed by atoms with van der Waals surface area (Å²) >= 11 is 0. The summed E-state index contributed by atoms with van der Waals surface area (Å²) in [6, 6.07) is 12.3. The minimum absolute atomic E-state index is 0.0207. The molecule has 1 aromatic heterocycles. The van der Waals surface area contributed by atoms with Crippen molar-refractivity contribution < 1.29 is 18.3 Å². The quantitative estimate of drug-likeness (QED) is 0.491. The maximum Gasteiger partial charge on any atom is 0.250 e. The van der Waals surface area contributed by atoms with E-state index in [-0.39, 0.29) is 10.5 Å². The van der Waals surface area contributed by atoms with Gasteiger partial charge < -0.3 is 18.3 Å². The lowest BCUT2D eigenvalue weighted by Gasteiger charge is -2.37. The van der Waals surface area contributed by atoms with E-state index in [0.717, 1.165) is 0 Å². The van der Waals surface area contributed by atoms with Crippen molar-refractivity contribution in [2.45, 2.75) is 38.9 Å². The third-order valence-electron chi connectivity index (χ3n) is 5.54. The molecule has 0 spiro atoms. The van der Waals surface area contributed by atoms with E-state index in [1.54, 1.807) is 26.4 Å². The molecule has 154 valence electrons. The zero-order valence-electron chi connectivity index (χ0n) is 18.1. The van der Waals surface area contributed by atoms with Crippen LogP contribution in [0.25, 0.3) is 22.3 Å². The van der Waals surface area contributed by atoms with Crippen LogP contribution in [0.2, 0.25) is 18.1 Å². The maximum absolute atomic E-state index is 12.5. The lowest BCUT2D eigenvalue weighted by molar-refractivity contribution is 0.354. The fourth-order valence-corrected chi connectivity index (χ4v) is 3.79. The molecule has 29 heavy (non-hydrogen) atoms. The van der Waals surface area contributed by atoms with Crippen LogP contribution in [0.4, 0.5) is 0 Å².